The molecular weight excluding hydrogens is 234 g/mol. The van der Waals surface area contributed by atoms with Gasteiger partial charge in [-0.1, -0.05) is 0 Å². The van der Waals surface area contributed by atoms with Gasteiger partial charge in [-0.15, -0.1) is 0 Å². The second kappa shape index (κ2) is 4.87. The molecule has 0 aliphatic carbocycles. The van der Waals surface area contributed by atoms with E-state index in [4.69, 9.17) is 9.47 Å². The smallest absolute Gasteiger partial charge is 0.165 e. The first-order chi connectivity index (χ1) is 8.88. The van der Waals surface area contributed by atoms with Crippen LogP contribution in [0.3, 0.4) is 0 Å². The molecule has 1 fully saturated rings. The number of aromatic nitrogens is 4. The van der Waals surface area contributed by atoms with Crippen molar-refractivity contribution in [2.45, 2.75) is 19.6 Å². The average molecular weight is 249 g/mol. The lowest BCUT2D eigenvalue weighted by molar-refractivity contribution is 0.0500. The highest BCUT2D eigenvalue weighted by molar-refractivity contribution is 5.82. The summed E-state index contributed by atoms with van der Waals surface area (Å²) in [5, 5.41) is 3.24. The van der Waals surface area contributed by atoms with Crippen molar-refractivity contribution in [1.29, 1.82) is 0 Å². The molecule has 1 atom stereocenters. The van der Waals surface area contributed by atoms with Crippen molar-refractivity contribution < 1.29 is 9.47 Å². The summed E-state index contributed by atoms with van der Waals surface area (Å²) in [5.41, 5.74) is 1.64. The van der Waals surface area contributed by atoms with Crippen LogP contribution in [0.15, 0.2) is 12.7 Å². The van der Waals surface area contributed by atoms with Gasteiger partial charge >= 0.3 is 0 Å². The SMILES string of the molecule is CCn1cnc2c(NCC3COCO3)ncnc21. The van der Waals surface area contributed by atoms with E-state index in [1.165, 1.54) is 0 Å². The van der Waals surface area contributed by atoms with E-state index in [9.17, 15) is 0 Å². The van der Waals surface area contributed by atoms with Crippen molar-refractivity contribution in [2.75, 3.05) is 25.3 Å². The van der Waals surface area contributed by atoms with Gasteiger partial charge in [-0.3, -0.25) is 0 Å². The minimum absolute atomic E-state index is 0.0725. The van der Waals surface area contributed by atoms with Crippen LogP contribution < -0.4 is 5.32 Å². The molecule has 2 aromatic heterocycles. The standard InChI is InChI=1S/C11H15N5O2/c1-2-16-6-15-9-10(13-5-14-11(9)16)12-3-8-4-17-7-18-8/h5-6,8H,2-4,7H2,1H3,(H,12,13,14). The summed E-state index contributed by atoms with van der Waals surface area (Å²) in [6.07, 6.45) is 3.40. The highest BCUT2D eigenvalue weighted by Gasteiger charge is 2.17. The number of fused-ring (bicyclic) bond motifs is 1. The van der Waals surface area contributed by atoms with Gasteiger partial charge in [-0.05, 0) is 6.92 Å². The van der Waals surface area contributed by atoms with Crippen LogP contribution in [0.1, 0.15) is 6.92 Å². The van der Waals surface area contributed by atoms with E-state index < -0.39 is 0 Å². The van der Waals surface area contributed by atoms with Crippen LogP contribution in [-0.4, -0.2) is 45.6 Å². The van der Waals surface area contributed by atoms with Crippen molar-refractivity contribution in [3.05, 3.63) is 12.7 Å². The number of anilines is 1. The maximum absolute atomic E-state index is 5.36. The minimum atomic E-state index is 0.0725. The minimum Gasteiger partial charge on any atom is -0.365 e. The highest BCUT2D eigenvalue weighted by atomic mass is 16.7. The monoisotopic (exact) mass is 249 g/mol. The van der Waals surface area contributed by atoms with Crippen molar-refractivity contribution in [2.24, 2.45) is 0 Å². The zero-order chi connectivity index (χ0) is 12.4. The van der Waals surface area contributed by atoms with Crippen LogP contribution in [0.4, 0.5) is 5.82 Å². The summed E-state index contributed by atoms with van der Waals surface area (Å²) in [5.74, 6) is 0.739. The molecule has 1 saturated heterocycles. The summed E-state index contributed by atoms with van der Waals surface area (Å²) in [6, 6.07) is 0. The van der Waals surface area contributed by atoms with Gasteiger partial charge in [-0.25, -0.2) is 15.0 Å². The molecule has 0 radical (unpaired) electrons. The summed E-state index contributed by atoms with van der Waals surface area (Å²) in [4.78, 5) is 12.8. The summed E-state index contributed by atoms with van der Waals surface area (Å²) < 4.78 is 12.5. The fraction of sp³-hybridized carbons (Fsp3) is 0.545. The lowest BCUT2D eigenvalue weighted by Crippen LogP contribution is -2.22. The molecule has 0 bridgehead atoms. The lowest BCUT2D eigenvalue weighted by atomic mass is 10.3. The Hall–Kier alpha value is -1.73. The third-order valence-electron chi connectivity index (χ3n) is 2.93. The van der Waals surface area contributed by atoms with Crippen molar-refractivity contribution in [1.82, 2.24) is 19.5 Å². The van der Waals surface area contributed by atoms with Crippen LogP contribution in [0.25, 0.3) is 11.2 Å². The van der Waals surface area contributed by atoms with E-state index in [1.54, 1.807) is 12.7 Å². The van der Waals surface area contributed by atoms with Gasteiger partial charge in [0.05, 0.1) is 12.9 Å². The average Bonchev–Trinajstić information content (AvgIpc) is 3.05. The van der Waals surface area contributed by atoms with Crippen molar-refractivity contribution in [3.8, 4) is 0 Å². The zero-order valence-electron chi connectivity index (χ0n) is 10.2. The van der Waals surface area contributed by atoms with Gasteiger partial charge in [0, 0.05) is 13.1 Å². The first kappa shape index (κ1) is 11.4. The molecule has 1 aliphatic rings. The molecule has 3 heterocycles. The molecule has 7 heteroatoms. The molecule has 0 aromatic carbocycles. The number of ether oxygens (including phenoxy) is 2. The van der Waals surface area contributed by atoms with E-state index >= 15 is 0 Å². The Kier molecular flexibility index (Phi) is 3.07. The maximum Gasteiger partial charge on any atom is 0.165 e. The summed E-state index contributed by atoms with van der Waals surface area (Å²) in [7, 11) is 0. The summed E-state index contributed by atoms with van der Waals surface area (Å²) >= 11 is 0. The highest BCUT2D eigenvalue weighted by Crippen LogP contribution is 2.17. The van der Waals surface area contributed by atoms with Crippen LogP contribution in [-0.2, 0) is 16.0 Å². The Labute approximate surface area is 104 Å². The first-order valence-electron chi connectivity index (χ1n) is 5.97. The molecule has 96 valence electrons. The van der Waals surface area contributed by atoms with Gasteiger partial charge in [0.1, 0.15) is 24.7 Å². The van der Waals surface area contributed by atoms with Gasteiger partial charge in [0.15, 0.2) is 11.5 Å². The Balaban J connectivity index is 1.80. The Morgan fingerprint density at radius 1 is 1.44 bits per heavy atom. The number of aryl methyl sites for hydroxylation is 1. The Bertz CT molecular complexity index is 535. The quantitative estimate of drug-likeness (QED) is 0.856. The molecule has 0 amide bonds. The van der Waals surface area contributed by atoms with Crippen LogP contribution in [0.2, 0.25) is 0 Å². The van der Waals surface area contributed by atoms with Gasteiger partial charge in [0.2, 0.25) is 0 Å². The molecule has 1 N–H and O–H groups in total. The van der Waals surface area contributed by atoms with E-state index in [-0.39, 0.29) is 6.10 Å². The summed E-state index contributed by atoms with van der Waals surface area (Å²) in [6.45, 7) is 4.54. The zero-order valence-corrected chi connectivity index (χ0v) is 10.2. The second-order valence-electron chi connectivity index (χ2n) is 4.08. The molecule has 3 rings (SSSR count). The third-order valence-corrected chi connectivity index (χ3v) is 2.93. The predicted octanol–water partition coefficient (Wildman–Crippen LogP) is 0.631. The maximum atomic E-state index is 5.36. The number of nitrogens with one attached hydrogen (secondary N) is 1. The van der Waals surface area contributed by atoms with Crippen molar-refractivity contribution >= 4 is 17.0 Å². The van der Waals surface area contributed by atoms with Gasteiger partial charge in [0.25, 0.3) is 0 Å². The molecular formula is C11H15N5O2. The predicted molar refractivity (Wildman–Crippen MR) is 65.2 cm³/mol. The topological polar surface area (TPSA) is 74.1 Å². The fourth-order valence-electron chi connectivity index (χ4n) is 1.94. The normalized spacial score (nSPS) is 19.5. The van der Waals surface area contributed by atoms with Crippen LogP contribution in [0, 0.1) is 0 Å². The van der Waals surface area contributed by atoms with E-state index in [2.05, 4.69) is 27.2 Å². The largest absolute Gasteiger partial charge is 0.365 e. The molecule has 0 saturated carbocycles. The van der Waals surface area contributed by atoms with E-state index in [1.807, 2.05) is 4.57 Å². The Morgan fingerprint density at radius 2 is 2.39 bits per heavy atom. The number of hydrogen-bond acceptors (Lipinski definition) is 6. The number of imidazole rings is 1. The second-order valence-corrected chi connectivity index (χ2v) is 4.08. The molecule has 18 heavy (non-hydrogen) atoms. The van der Waals surface area contributed by atoms with Crippen LogP contribution in [0.5, 0.6) is 0 Å². The Morgan fingerprint density at radius 3 is 3.17 bits per heavy atom. The molecule has 1 unspecified atom stereocenters. The number of rotatable bonds is 4. The third kappa shape index (κ3) is 2.02. The number of nitrogens with zero attached hydrogens (tertiary/aromatic N) is 4. The molecule has 1 aliphatic heterocycles. The van der Waals surface area contributed by atoms with Crippen LogP contribution >= 0.6 is 0 Å². The molecule has 2 aromatic rings. The molecule has 0 spiro atoms. The van der Waals surface area contributed by atoms with Gasteiger partial charge in [-0.2, -0.15) is 0 Å². The molecule has 7 nitrogen and oxygen atoms in total. The fourth-order valence-corrected chi connectivity index (χ4v) is 1.94. The van der Waals surface area contributed by atoms with E-state index in [0.29, 0.717) is 19.9 Å². The van der Waals surface area contributed by atoms with Gasteiger partial charge < -0.3 is 19.4 Å². The first-order valence-corrected chi connectivity index (χ1v) is 5.97. The van der Waals surface area contributed by atoms with Crippen molar-refractivity contribution in [3.63, 3.8) is 0 Å². The van der Waals surface area contributed by atoms with E-state index in [0.717, 1.165) is 23.5 Å². The number of hydrogen-bond donors (Lipinski definition) is 1. The lowest BCUT2D eigenvalue weighted by Gasteiger charge is -2.09.